The molecule has 4 aliphatic rings. The van der Waals surface area contributed by atoms with E-state index in [1.54, 1.807) is 0 Å². The topological polar surface area (TPSA) is 40.5 Å². The van der Waals surface area contributed by atoms with Gasteiger partial charge in [-0.2, -0.15) is 0 Å². The smallest absolute Gasteiger partial charge is 0.0573 e. The third-order valence-corrected chi connectivity index (χ3v) is 8.95. The maximum Gasteiger partial charge on any atom is 0.0573 e. The lowest BCUT2D eigenvalue weighted by atomic mass is 9.59. The van der Waals surface area contributed by atoms with Gasteiger partial charge in [0.05, 0.1) is 12.2 Å². The summed E-state index contributed by atoms with van der Waals surface area (Å²) in [7, 11) is 0. The molecular weight excluding hydrogens is 320 g/mol. The van der Waals surface area contributed by atoms with Gasteiger partial charge in [0.15, 0.2) is 0 Å². The zero-order chi connectivity index (χ0) is 17.9. The standard InChI is InChI=1S/C24H42O2/c25-20-12-14-21(23(16-20)18-9-5-2-6-10-18)19-11-13-22(24(26)15-19)17-7-3-1-4-8-17/h17-26H,1-16H2. The maximum absolute atomic E-state index is 11.0. The van der Waals surface area contributed by atoms with Gasteiger partial charge >= 0.3 is 0 Å². The molecule has 4 rings (SSSR count). The molecule has 0 amide bonds. The molecule has 0 heterocycles. The third kappa shape index (κ3) is 4.32. The molecule has 0 spiro atoms. The summed E-state index contributed by atoms with van der Waals surface area (Å²) >= 11 is 0. The minimum absolute atomic E-state index is 0.0456. The van der Waals surface area contributed by atoms with E-state index in [1.807, 2.05) is 0 Å². The largest absolute Gasteiger partial charge is 0.393 e. The van der Waals surface area contributed by atoms with Crippen molar-refractivity contribution in [2.45, 2.75) is 115 Å². The van der Waals surface area contributed by atoms with Gasteiger partial charge in [0.1, 0.15) is 0 Å². The Morgan fingerprint density at radius 3 is 1.62 bits per heavy atom. The molecule has 0 aromatic carbocycles. The fourth-order valence-electron chi connectivity index (χ4n) is 7.60. The van der Waals surface area contributed by atoms with E-state index >= 15 is 0 Å². The quantitative estimate of drug-likeness (QED) is 0.676. The Bertz CT molecular complexity index is 424. The zero-order valence-electron chi connectivity index (χ0n) is 16.8. The molecular formula is C24H42O2. The molecule has 4 aliphatic carbocycles. The first-order chi connectivity index (χ1) is 12.7. The molecule has 4 fully saturated rings. The van der Waals surface area contributed by atoms with E-state index in [9.17, 15) is 10.2 Å². The van der Waals surface area contributed by atoms with Crippen LogP contribution >= 0.6 is 0 Å². The summed E-state index contributed by atoms with van der Waals surface area (Å²) in [6, 6.07) is 0. The summed E-state index contributed by atoms with van der Waals surface area (Å²) < 4.78 is 0. The van der Waals surface area contributed by atoms with Crippen molar-refractivity contribution in [3.63, 3.8) is 0 Å². The fraction of sp³-hybridized carbons (Fsp3) is 1.00. The lowest BCUT2D eigenvalue weighted by molar-refractivity contribution is -0.0440. The molecule has 2 N–H and O–H groups in total. The van der Waals surface area contributed by atoms with Gasteiger partial charge in [0.2, 0.25) is 0 Å². The molecule has 0 radical (unpaired) electrons. The number of hydrogen-bond donors (Lipinski definition) is 2. The van der Waals surface area contributed by atoms with Gasteiger partial charge in [-0.15, -0.1) is 0 Å². The van der Waals surface area contributed by atoms with E-state index in [2.05, 4.69) is 0 Å². The Morgan fingerprint density at radius 1 is 0.423 bits per heavy atom. The van der Waals surface area contributed by atoms with Crippen molar-refractivity contribution in [1.82, 2.24) is 0 Å². The zero-order valence-corrected chi connectivity index (χ0v) is 16.8. The van der Waals surface area contributed by atoms with E-state index in [1.165, 1.54) is 83.5 Å². The molecule has 4 saturated carbocycles. The normalized spacial score (nSPS) is 44.1. The van der Waals surface area contributed by atoms with Crippen LogP contribution in [0.25, 0.3) is 0 Å². The summed E-state index contributed by atoms with van der Waals surface area (Å²) in [5.41, 5.74) is 0. The van der Waals surface area contributed by atoms with Crippen molar-refractivity contribution < 1.29 is 10.2 Å². The second-order valence-corrected chi connectivity index (χ2v) is 10.4. The second kappa shape index (κ2) is 8.95. The van der Waals surface area contributed by atoms with Gasteiger partial charge in [-0.3, -0.25) is 0 Å². The summed E-state index contributed by atoms with van der Waals surface area (Å²) in [5, 5.41) is 21.4. The highest BCUT2D eigenvalue weighted by molar-refractivity contribution is 4.93. The average molecular weight is 363 g/mol. The number of aliphatic hydroxyl groups excluding tert-OH is 2. The molecule has 0 saturated heterocycles. The third-order valence-electron chi connectivity index (χ3n) is 8.95. The van der Waals surface area contributed by atoms with Crippen LogP contribution < -0.4 is 0 Å². The second-order valence-electron chi connectivity index (χ2n) is 10.4. The highest BCUT2D eigenvalue weighted by atomic mass is 16.3. The van der Waals surface area contributed by atoms with Gasteiger partial charge in [0, 0.05) is 0 Å². The van der Waals surface area contributed by atoms with Crippen molar-refractivity contribution in [2.24, 2.45) is 35.5 Å². The van der Waals surface area contributed by atoms with Crippen molar-refractivity contribution in [2.75, 3.05) is 0 Å². The molecule has 2 nitrogen and oxygen atoms in total. The monoisotopic (exact) mass is 362 g/mol. The van der Waals surface area contributed by atoms with Gasteiger partial charge in [-0.25, -0.2) is 0 Å². The molecule has 2 heteroatoms. The van der Waals surface area contributed by atoms with E-state index in [4.69, 9.17) is 0 Å². The van der Waals surface area contributed by atoms with E-state index in [0.717, 1.165) is 48.9 Å². The summed E-state index contributed by atoms with van der Waals surface area (Å²) in [6.45, 7) is 0. The molecule has 6 unspecified atom stereocenters. The van der Waals surface area contributed by atoms with Crippen LogP contribution in [0.3, 0.4) is 0 Å². The predicted molar refractivity (Wildman–Crippen MR) is 107 cm³/mol. The molecule has 26 heavy (non-hydrogen) atoms. The van der Waals surface area contributed by atoms with Gasteiger partial charge in [-0.05, 0) is 74.0 Å². The molecule has 6 atom stereocenters. The molecule has 0 aromatic rings. The van der Waals surface area contributed by atoms with Crippen LogP contribution in [0.15, 0.2) is 0 Å². The lowest BCUT2D eigenvalue weighted by Crippen LogP contribution is -2.42. The highest BCUT2D eigenvalue weighted by Gasteiger charge is 2.43. The number of rotatable bonds is 3. The number of aliphatic hydroxyl groups is 2. The van der Waals surface area contributed by atoms with E-state index in [0.29, 0.717) is 5.92 Å². The van der Waals surface area contributed by atoms with Crippen molar-refractivity contribution in [3.8, 4) is 0 Å². The average Bonchev–Trinajstić information content (AvgIpc) is 2.69. The van der Waals surface area contributed by atoms with Gasteiger partial charge < -0.3 is 10.2 Å². The molecule has 150 valence electrons. The van der Waals surface area contributed by atoms with Gasteiger partial charge in [-0.1, -0.05) is 64.2 Å². The Balaban J connectivity index is 1.39. The number of hydrogen-bond acceptors (Lipinski definition) is 2. The van der Waals surface area contributed by atoms with Crippen LogP contribution in [0.2, 0.25) is 0 Å². The summed E-state index contributed by atoms with van der Waals surface area (Å²) in [6.07, 6.45) is 20.8. The SMILES string of the molecule is OC1CCC(C2CCC(C3CCCCC3)C(O)C2)C(C2CCCCC2)C1. The minimum atomic E-state index is -0.0540. The molecule has 0 aliphatic heterocycles. The minimum Gasteiger partial charge on any atom is -0.393 e. The first-order valence-corrected chi connectivity index (χ1v) is 12.1. The van der Waals surface area contributed by atoms with Crippen LogP contribution in [0.5, 0.6) is 0 Å². The van der Waals surface area contributed by atoms with Crippen molar-refractivity contribution in [1.29, 1.82) is 0 Å². The predicted octanol–water partition coefficient (Wildman–Crippen LogP) is 5.70. The van der Waals surface area contributed by atoms with Crippen LogP contribution in [0, 0.1) is 35.5 Å². The Morgan fingerprint density at radius 2 is 1.00 bits per heavy atom. The van der Waals surface area contributed by atoms with E-state index < -0.39 is 0 Å². The van der Waals surface area contributed by atoms with Crippen molar-refractivity contribution in [3.05, 3.63) is 0 Å². The molecule has 0 bridgehead atoms. The Labute approximate surface area is 161 Å². The Kier molecular flexibility index (Phi) is 6.62. The maximum atomic E-state index is 11.0. The van der Waals surface area contributed by atoms with Crippen molar-refractivity contribution >= 4 is 0 Å². The Hall–Kier alpha value is -0.0800. The van der Waals surface area contributed by atoms with E-state index in [-0.39, 0.29) is 12.2 Å². The first kappa shape index (κ1) is 19.2. The van der Waals surface area contributed by atoms with Crippen LogP contribution in [0.4, 0.5) is 0 Å². The first-order valence-electron chi connectivity index (χ1n) is 12.1. The summed E-state index contributed by atoms with van der Waals surface area (Å²) in [4.78, 5) is 0. The van der Waals surface area contributed by atoms with Crippen LogP contribution in [-0.4, -0.2) is 22.4 Å². The fourth-order valence-corrected chi connectivity index (χ4v) is 7.60. The van der Waals surface area contributed by atoms with Crippen LogP contribution in [0.1, 0.15) is 103 Å². The highest BCUT2D eigenvalue weighted by Crippen LogP contribution is 2.50. The van der Waals surface area contributed by atoms with Gasteiger partial charge in [0.25, 0.3) is 0 Å². The van der Waals surface area contributed by atoms with Crippen LogP contribution in [-0.2, 0) is 0 Å². The lowest BCUT2D eigenvalue weighted by Gasteiger charge is -2.48. The molecule has 0 aromatic heterocycles. The summed E-state index contributed by atoms with van der Waals surface area (Å²) in [5.74, 6) is 4.50.